The number of hydrogen-bond donors (Lipinski definition) is 1. The minimum atomic E-state index is -0.216. The van der Waals surface area contributed by atoms with Crippen molar-refractivity contribution in [3.8, 4) is 0 Å². The van der Waals surface area contributed by atoms with E-state index in [1.165, 1.54) is 11.1 Å². The van der Waals surface area contributed by atoms with Crippen LogP contribution >= 0.6 is 0 Å². The molecule has 2 fully saturated rings. The van der Waals surface area contributed by atoms with Crippen molar-refractivity contribution in [2.24, 2.45) is 5.92 Å². The number of nitrogens with one attached hydrogen (secondary N) is 1. The molecule has 1 aromatic carbocycles. The molecule has 1 unspecified atom stereocenters. The van der Waals surface area contributed by atoms with Crippen molar-refractivity contribution >= 4 is 5.91 Å². The summed E-state index contributed by atoms with van der Waals surface area (Å²) in [6.07, 6.45) is 7.74. The van der Waals surface area contributed by atoms with Crippen LogP contribution in [0.15, 0.2) is 42.7 Å². The minimum absolute atomic E-state index is 0.0764. The lowest BCUT2D eigenvalue weighted by Gasteiger charge is -2.32. The minimum Gasteiger partial charge on any atom is -0.368 e. The standard InChI is InChI=1S/C22H30N4O2/c27-22(21-7-3-14-28-21)23-15-18-8-12-25(13-9-18)16-19-5-1-2-6-20(19)17-26-11-4-10-24-26/h1-2,4-6,10-11,18,21H,3,7-9,12-17H2,(H,23,27). The first-order valence-corrected chi connectivity index (χ1v) is 10.4. The Bertz CT molecular complexity index is 748. The smallest absolute Gasteiger partial charge is 0.249 e. The van der Waals surface area contributed by atoms with Gasteiger partial charge in [-0.2, -0.15) is 5.10 Å². The first-order valence-electron chi connectivity index (χ1n) is 10.4. The molecule has 6 nitrogen and oxygen atoms in total. The fourth-order valence-electron chi connectivity index (χ4n) is 4.17. The summed E-state index contributed by atoms with van der Waals surface area (Å²) >= 11 is 0. The number of nitrogens with zero attached hydrogens (tertiary/aromatic N) is 3. The van der Waals surface area contributed by atoms with E-state index in [0.717, 1.165) is 65.0 Å². The second-order valence-corrected chi connectivity index (χ2v) is 7.94. The van der Waals surface area contributed by atoms with Gasteiger partial charge < -0.3 is 10.1 Å². The summed E-state index contributed by atoms with van der Waals surface area (Å²) in [6, 6.07) is 10.6. The molecule has 0 radical (unpaired) electrons. The van der Waals surface area contributed by atoms with Gasteiger partial charge in [0.15, 0.2) is 0 Å². The Morgan fingerprint density at radius 2 is 1.89 bits per heavy atom. The summed E-state index contributed by atoms with van der Waals surface area (Å²) in [6.45, 7) is 5.45. The van der Waals surface area contributed by atoms with Gasteiger partial charge in [0.05, 0.1) is 6.54 Å². The lowest BCUT2D eigenvalue weighted by Crippen LogP contribution is -2.41. The summed E-state index contributed by atoms with van der Waals surface area (Å²) in [4.78, 5) is 14.6. The SMILES string of the molecule is O=C(NCC1CCN(Cc2ccccc2Cn2cccn2)CC1)C1CCCO1. The highest BCUT2D eigenvalue weighted by Crippen LogP contribution is 2.21. The average molecular weight is 383 g/mol. The molecule has 0 saturated carbocycles. The lowest BCUT2D eigenvalue weighted by molar-refractivity contribution is -0.130. The zero-order chi connectivity index (χ0) is 19.2. The molecule has 2 aliphatic rings. The maximum atomic E-state index is 12.1. The first kappa shape index (κ1) is 19.2. The Morgan fingerprint density at radius 3 is 2.57 bits per heavy atom. The molecule has 28 heavy (non-hydrogen) atoms. The van der Waals surface area contributed by atoms with Crippen molar-refractivity contribution in [1.29, 1.82) is 0 Å². The fraction of sp³-hybridized carbons (Fsp3) is 0.545. The van der Waals surface area contributed by atoms with Crippen LogP contribution < -0.4 is 5.32 Å². The summed E-state index contributed by atoms with van der Waals surface area (Å²) < 4.78 is 7.43. The summed E-state index contributed by atoms with van der Waals surface area (Å²) in [5.74, 6) is 0.647. The second-order valence-electron chi connectivity index (χ2n) is 7.94. The molecule has 0 spiro atoms. The van der Waals surface area contributed by atoms with Crippen molar-refractivity contribution in [2.75, 3.05) is 26.2 Å². The van der Waals surface area contributed by atoms with E-state index in [9.17, 15) is 4.79 Å². The molecule has 1 N–H and O–H groups in total. The molecule has 1 aromatic heterocycles. The highest BCUT2D eigenvalue weighted by molar-refractivity contribution is 5.80. The van der Waals surface area contributed by atoms with Crippen LogP contribution in [-0.2, 0) is 22.6 Å². The molecule has 2 aliphatic heterocycles. The Labute approximate surface area is 166 Å². The summed E-state index contributed by atoms with van der Waals surface area (Å²) in [7, 11) is 0. The van der Waals surface area contributed by atoms with Crippen LogP contribution in [0.25, 0.3) is 0 Å². The van der Waals surface area contributed by atoms with E-state index in [1.807, 2.05) is 23.1 Å². The van der Waals surface area contributed by atoms with Gasteiger partial charge in [-0.05, 0) is 61.9 Å². The topological polar surface area (TPSA) is 59.4 Å². The van der Waals surface area contributed by atoms with Gasteiger partial charge in [-0.3, -0.25) is 14.4 Å². The number of hydrogen-bond acceptors (Lipinski definition) is 4. The van der Waals surface area contributed by atoms with Gasteiger partial charge in [0.25, 0.3) is 0 Å². The number of carbonyl (C=O) groups is 1. The van der Waals surface area contributed by atoms with Crippen LogP contribution in [0.3, 0.4) is 0 Å². The van der Waals surface area contributed by atoms with E-state index in [2.05, 4.69) is 39.6 Å². The number of benzene rings is 1. The molecule has 2 aromatic rings. The van der Waals surface area contributed by atoms with Crippen LogP contribution in [0.2, 0.25) is 0 Å². The second kappa shape index (κ2) is 9.34. The molecular formula is C22H30N4O2. The summed E-state index contributed by atoms with van der Waals surface area (Å²) in [5.41, 5.74) is 2.71. The van der Waals surface area contributed by atoms with E-state index < -0.39 is 0 Å². The quantitative estimate of drug-likeness (QED) is 0.799. The largest absolute Gasteiger partial charge is 0.368 e. The van der Waals surface area contributed by atoms with Crippen molar-refractivity contribution < 1.29 is 9.53 Å². The van der Waals surface area contributed by atoms with Crippen LogP contribution in [-0.4, -0.2) is 52.9 Å². The van der Waals surface area contributed by atoms with Crippen molar-refractivity contribution in [2.45, 2.75) is 44.9 Å². The third-order valence-electron chi connectivity index (χ3n) is 5.90. The van der Waals surface area contributed by atoms with Crippen LogP contribution in [0.4, 0.5) is 0 Å². The Hall–Kier alpha value is -2.18. The molecule has 150 valence electrons. The molecular weight excluding hydrogens is 352 g/mol. The molecule has 4 rings (SSSR count). The van der Waals surface area contributed by atoms with E-state index >= 15 is 0 Å². The highest BCUT2D eigenvalue weighted by atomic mass is 16.5. The highest BCUT2D eigenvalue weighted by Gasteiger charge is 2.25. The maximum absolute atomic E-state index is 12.1. The number of carbonyl (C=O) groups excluding carboxylic acids is 1. The Morgan fingerprint density at radius 1 is 1.11 bits per heavy atom. The zero-order valence-electron chi connectivity index (χ0n) is 16.4. The molecule has 3 heterocycles. The van der Waals surface area contributed by atoms with Gasteiger partial charge in [-0.15, -0.1) is 0 Å². The first-order chi connectivity index (χ1) is 13.8. The lowest BCUT2D eigenvalue weighted by atomic mass is 9.96. The van der Waals surface area contributed by atoms with Gasteiger partial charge in [0, 0.05) is 32.1 Å². The Balaban J connectivity index is 1.24. The molecule has 1 amide bonds. The number of rotatable bonds is 7. The van der Waals surface area contributed by atoms with Crippen molar-refractivity contribution in [1.82, 2.24) is 20.0 Å². The molecule has 2 saturated heterocycles. The predicted octanol–water partition coefficient (Wildman–Crippen LogP) is 2.44. The monoisotopic (exact) mass is 382 g/mol. The Kier molecular flexibility index (Phi) is 6.39. The molecule has 0 aliphatic carbocycles. The molecule has 6 heteroatoms. The normalized spacial score (nSPS) is 21.1. The number of likely N-dealkylation sites (tertiary alicyclic amines) is 1. The number of aromatic nitrogens is 2. The van der Waals surface area contributed by atoms with E-state index in [-0.39, 0.29) is 12.0 Å². The van der Waals surface area contributed by atoms with Crippen LogP contribution in [0.5, 0.6) is 0 Å². The predicted molar refractivity (Wildman–Crippen MR) is 108 cm³/mol. The van der Waals surface area contributed by atoms with Crippen molar-refractivity contribution in [3.63, 3.8) is 0 Å². The van der Waals surface area contributed by atoms with Crippen LogP contribution in [0.1, 0.15) is 36.8 Å². The number of amides is 1. The van der Waals surface area contributed by atoms with E-state index in [0.29, 0.717) is 5.92 Å². The number of ether oxygens (including phenoxy) is 1. The maximum Gasteiger partial charge on any atom is 0.249 e. The molecule has 1 atom stereocenters. The van der Waals surface area contributed by atoms with E-state index in [1.54, 1.807) is 0 Å². The van der Waals surface area contributed by atoms with E-state index in [4.69, 9.17) is 4.74 Å². The molecule has 0 bridgehead atoms. The summed E-state index contributed by atoms with van der Waals surface area (Å²) in [5, 5.41) is 7.43. The number of piperidine rings is 1. The zero-order valence-corrected chi connectivity index (χ0v) is 16.4. The van der Waals surface area contributed by atoms with Gasteiger partial charge in [0.1, 0.15) is 6.10 Å². The third-order valence-corrected chi connectivity index (χ3v) is 5.90. The van der Waals surface area contributed by atoms with Gasteiger partial charge in [-0.1, -0.05) is 24.3 Å². The van der Waals surface area contributed by atoms with Gasteiger partial charge in [0.2, 0.25) is 5.91 Å². The van der Waals surface area contributed by atoms with Crippen LogP contribution in [0, 0.1) is 5.92 Å². The van der Waals surface area contributed by atoms with Gasteiger partial charge >= 0.3 is 0 Å². The van der Waals surface area contributed by atoms with Crippen molar-refractivity contribution in [3.05, 3.63) is 53.9 Å². The average Bonchev–Trinajstić information content (AvgIpc) is 3.43. The third kappa shape index (κ3) is 5.00. The fourth-order valence-corrected chi connectivity index (χ4v) is 4.17. The van der Waals surface area contributed by atoms with Gasteiger partial charge in [-0.25, -0.2) is 0 Å².